The van der Waals surface area contributed by atoms with Crippen molar-refractivity contribution in [3.8, 4) is 0 Å². The molecular weight excluding hydrogens is 214 g/mol. The van der Waals surface area contributed by atoms with Crippen LogP contribution in [-0.4, -0.2) is 15.6 Å². The second-order valence-electron chi connectivity index (χ2n) is 4.57. The third-order valence-electron chi connectivity index (χ3n) is 3.33. The first-order chi connectivity index (χ1) is 8.09. The Bertz CT molecular complexity index is 544. The van der Waals surface area contributed by atoms with Crippen molar-refractivity contribution in [2.75, 3.05) is 0 Å². The van der Waals surface area contributed by atoms with Crippen LogP contribution in [0.15, 0.2) is 36.5 Å². The van der Waals surface area contributed by atoms with Gasteiger partial charge in [0, 0.05) is 11.7 Å². The Kier molecular flexibility index (Phi) is 2.92. The normalized spacial score (nSPS) is 14.7. The lowest BCUT2D eigenvalue weighted by Gasteiger charge is -2.27. The van der Waals surface area contributed by atoms with Gasteiger partial charge in [-0.1, -0.05) is 31.5 Å². The van der Waals surface area contributed by atoms with Crippen LogP contribution < -0.4 is 0 Å². The first kappa shape index (κ1) is 11.7. The van der Waals surface area contributed by atoms with E-state index in [2.05, 4.69) is 0 Å². The summed E-state index contributed by atoms with van der Waals surface area (Å²) >= 11 is 0. The van der Waals surface area contributed by atoms with Crippen molar-refractivity contribution in [3.63, 3.8) is 0 Å². The summed E-state index contributed by atoms with van der Waals surface area (Å²) < 4.78 is 1.87. The number of para-hydroxylation sites is 1. The van der Waals surface area contributed by atoms with Crippen LogP contribution in [0.25, 0.3) is 10.9 Å². The van der Waals surface area contributed by atoms with Gasteiger partial charge in [-0.3, -0.25) is 0 Å². The van der Waals surface area contributed by atoms with Crippen molar-refractivity contribution >= 4 is 16.9 Å². The van der Waals surface area contributed by atoms with Crippen molar-refractivity contribution in [2.24, 2.45) is 0 Å². The van der Waals surface area contributed by atoms with E-state index < -0.39 is 11.5 Å². The minimum absolute atomic E-state index is 0.626. The Morgan fingerprint density at radius 3 is 2.71 bits per heavy atom. The van der Waals surface area contributed by atoms with Gasteiger partial charge in [0.15, 0.2) is 0 Å². The number of fused-ring (bicyclic) bond motifs is 1. The van der Waals surface area contributed by atoms with Gasteiger partial charge in [0.25, 0.3) is 0 Å². The van der Waals surface area contributed by atoms with E-state index in [1.807, 2.05) is 48.0 Å². The molecule has 0 saturated heterocycles. The molecule has 2 aromatic rings. The maximum Gasteiger partial charge on any atom is 0.329 e. The number of carbonyl (C=O) groups is 1. The summed E-state index contributed by atoms with van der Waals surface area (Å²) in [5.41, 5.74) is 0.114. The minimum Gasteiger partial charge on any atom is -0.479 e. The SMILES string of the molecule is CCCC(C)(C(=O)O)n1ccc2ccccc21. The first-order valence-electron chi connectivity index (χ1n) is 5.89. The summed E-state index contributed by atoms with van der Waals surface area (Å²) in [6.45, 7) is 3.79. The number of aliphatic carboxylic acids is 1. The Labute approximate surface area is 101 Å². The van der Waals surface area contributed by atoms with Gasteiger partial charge < -0.3 is 9.67 Å². The molecule has 0 aliphatic heterocycles. The maximum absolute atomic E-state index is 11.5. The highest BCUT2D eigenvalue weighted by atomic mass is 16.4. The van der Waals surface area contributed by atoms with E-state index in [0.717, 1.165) is 17.3 Å². The average molecular weight is 231 g/mol. The summed E-state index contributed by atoms with van der Waals surface area (Å²) in [6, 6.07) is 9.83. The van der Waals surface area contributed by atoms with Crippen LogP contribution in [0.4, 0.5) is 0 Å². The second kappa shape index (κ2) is 4.24. The van der Waals surface area contributed by atoms with Gasteiger partial charge in [0.1, 0.15) is 5.54 Å². The third-order valence-corrected chi connectivity index (χ3v) is 3.33. The van der Waals surface area contributed by atoms with Crippen LogP contribution >= 0.6 is 0 Å². The van der Waals surface area contributed by atoms with Gasteiger partial charge in [0.05, 0.1) is 0 Å². The van der Waals surface area contributed by atoms with Crippen LogP contribution in [0.3, 0.4) is 0 Å². The zero-order chi connectivity index (χ0) is 12.5. The number of hydrogen-bond acceptors (Lipinski definition) is 1. The number of carboxylic acids is 1. The van der Waals surface area contributed by atoms with Crippen LogP contribution in [0, 0.1) is 0 Å². The molecule has 1 atom stereocenters. The van der Waals surface area contributed by atoms with E-state index in [9.17, 15) is 9.90 Å². The molecule has 0 radical (unpaired) electrons. The largest absolute Gasteiger partial charge is 0.479 e. The molecule has 0 aliphatic rings. The molecule has 17 heavy (non-hydrogen) atoms. The molecule has 3 nitrogen and oxygen atoms in total. The van der Waals surface area contributed by atoms with E-state index in [0.29, 0.717) is 6.42 Å². The molecular formula is C14H17NO2. The summed E-state index contributed by atoms with van der Waals surface area (Å²) in [5, 5.41) is 10.6. The fourth-order valence-corrected chi connectivity index (χ4v) is 2.33. The van der Waals surface area contributed by atoms with Gasteiger partial charge >= 0.3 is 5.97 Å². The molecule has 1 aromatic carbocycles. The predicted molar refractivity (Wildman–Crippen MR) is 68.1 cm³/mol. The van der Waals surface area contributed by atoms with E-state index in [1.165, 1.54) is 0 Å². The van der Waals surface area contributed by atoms with E-state index in [4.69, 9.17) is 0 Å². The zero-order valence-electron chi connectivity index (χ0n) is 10.2. The molecule has 0 spiro atoms. The molecule has 0 bridgehead atoms. The van der Waals surface area contributed by atoms with Crippen molar-refractivity contribution in [3.05, 3.63) is 36.5 Å². The molecule has 1 heterocycles. The van der Waals surface area contributed by atoms with Crippen LogP contribution in [0.2, 0.25) is 0 Å². The highest BCUT2D eigenvalue weighted by molar-refractivity contribution is 5.84. The fourth-order valence-electron chi connectivity index (χ4n) is 2.33. The standard InChI is InChI=1S/C14H17NO2/c1-3-9-14(2,13(16)17)15-10-8-11-6-4-5-7-12(11)15/h4-8,10H,3,9H2,1-2H3,(H,16,17). The number of hydrogen-bond donors (Lipinski definition) is 1. The van der Waals surface area contributed by atoms with Gasteiger partial charge in [0.2, 0.25) is 0 Å². The highest BCUT2D eigenvalue weighted by Crippen LogP contribution is 2.28. The predicted octanol–water partition coefficient (Wildman–Crippen LogP) is 3.24. The zero-order valence-corrected chi connectivity index (χ0v) is 10.2. The van der Waals surface area contributed by atoms with Gasteiger partial charge in [-0.2, -0.15) is 0 Å². The number of nitrogens with zero attached hydrogens (tertiary/aromatic N) is 1. The molecule has 0 fully saturated rings. The van der Waals surface area contributed by atoms with Crippen molar-refractivity contribution < 1.29 is 9.90 Å². The number of benzene rings is 1. The lowest BCUT2D eigenvalue weighted by molar-refractivity contribution is -0.146. The molecule has 2 rings (SSSR count). The van der Waals surface area contributed by atoms with Gasteiger partial charge in [-0.05, 0) is 30.9 Å². The Morgan fingerprint density at radius 1 is 1.35 bits per heavy atom. The van der Waals surface area contributed by atoms with E-state index >= 15 is 0 Å². The maximum atomic E-state index is 11.5. The summed E-state index contributed by atoms with van der Waals surface area (Å²) in [4.78, 5) is 11.5. The topological polar surface area (TPSA) is 42.2 Å². The Balaban J connectivity index is 2.60. The third kappa shape index (κ3) is 1.82. The van der Waals surface area contributed by atoms with Crippen molar-refractivity contribution in [1.29, 1.82) is 0 Å². The molecule has 0 saturated carbocycles. The Hall–Kier alpha value is -1.77. The smallest absolute Gasteiger partial charge is 0.329 e. The quantitative estimate of drug-likeness (QED) is 0.877. The van der Waals surface area contributed by atoms with Crippen LogP contribution in [0.1, 0.15) is 26.7 Å². The second-order valence-corrected chi connectivity index (χ2v) is 4.57. The van der Waals surface area contributed by atoms with E-state index in [-0.39, 0.29) is 0 Å². The van der Waals surface area contributed by atoms with Crippen molar-refractivity contribution in [1.82, 2.24) is 4.57 Å². The Morgan fingerprint density at radius 2 is 2.06 bits per heavy atom. The van der Waals surface area contributed by atoms with Gasteiger partial charge in [-0.25, -0.2) is 4.79 Å². The van der Waals surface area contributed by atoms with Crippen molar-refractivity contribution in [2.45, 2.75) is 32.2 Å². The number of carboxylic acid groups (broad SMARTS) is 1. The van der Waals surface area contributed by atoms with E-state index in [1.54, 1.807) is 6.92 Å². The molecule has 0 amide bonds. The molecule has 1 unspecified atom stereocenters. The average Bonchev–Trinajstić information content (AvgIpc) is 2.73. The number of aromatic nitrogens is 1. The molecule has 90 valence electrons. The molecule has 1 N–H and O–H groups in total. The monoisotopic (exact) mass is 231 g/mol. The summed E-state index contributed by atoms with van der Waals surface area (Å²) in [7, 11) is 0. The van der Waals surface area contributed by atoms with Crippen LogP contribution in [0.5, 0.6) is 0 Å². The minimum atomic E-state index is -0.863. The van der Waals surface area contributed by atoms with Crippen LogP contribution in [-0.2, 0) is 10.3 Å². The molecule has 1 aromatic heterocycles. The lowest BCUT2D eigenvalue weighted by atomic mass is 9.96. The fraction of sp³-hybridized carbons (Fsp3) is 0.357. The number of rotatable bonds is 4. The lowest BCUT2D eigenvalue weighted by Crippen LogP contribution is -2.38. The molecule has 0 aliphatic carbocycles. The first-order valence-corrected chi connectivity index (χ1v) is 5.89. The molecule has 3 heteroatoms. The van der Waals surface area contributed by atoms with Gasteiger partial charge in [-0.15, -0.1) is 0 Å². The summed E-state index contributed by atoms with van der Waals surface area (Å²) in [5.74, 6) is -0.777. The highest BCUT2D eigenvalue weighted by Gasteiger charge is 2.34. The summed E-state index contributed by atoms with van der Waals surface area (Å²) in [6.07, 6.45) is 3.34.